The molecular weight excluding hydrogens is 410 g/mol. The number of rotatable bonds is 5. The van der Waals surface area contributed by atoms with Crippen molar-refractivity contribution in [2.24, 2.45) is 0 Å². The van der Waals surface area contributed by atoms with Gasteiger partial charge in [0.15, 0.2) is 0 Å². The summed E-state index contributed by atoms with van der Waals surface area (Å²) in [7, 11) is 0. The second-order valence-electron chi connectivity index (χ2n) is 9.06. The maximum atomic E-state index is 13.1. The summed E-state index contributed by atoms with van der Waals surface area (Å²) in [5.74, 6) is 0.139. The summed E-state index contributed by atoms with van der Waals surface area (Å²) >= 11 is 0. The van der Waals surface area contributed by atoms with Crippen LogP contribution in [-0.2, 0) is 11.2 Å². The molecule has 0 saturated carbocycles. The zero-order valence-corrected chi connectivity index (χ0v) is 19.6. The minimum atomic E-state index is -0.125. The Hall–Kier alpha value is -3.47. The molecule has 4 rings (SSSR count). The monoisotopic (exact) mass is 441 g/mol. The topological polar surface area (TPSA) is 62.3 Å². The number of anilines is 1. The van der Waals surface area contributed by atoms with Gasteiger partial charge in [0, 0.05) is 48.6 Å². The Kier molecular flexibility index (Phi) is 6.87. The molecule has 1 aromatic heterocycles. The fourth-order valence-corrected chi connectivity index (χ4v) is 4.62. The standard InChI is InChI=1S/C28H31N3O2/c1-19-6-4-7-22(14-19)16-23-15-20(2)29-27(17-23)25-8-5-13-31(18-25)28(33)24-9-11-26(12-10-24)30-21(3)32/h4,6-7,9-12,14-15,17,25H,5,8,13,16,18H2,1-3H3,(H,30,32)/t25-/m1/s1. The smallest absolute Gasteiger partial charge is 0.253 e. The molecule has 1 atom stereocenters. The highest BCUT2D eigenvalue weighted by molar-refractivity contribution is 5.95. The van der Waals surface area contributed by atoms with Crippen LogP contribution in [0.25, 0.3) is 0 Å². The van der Waals surface area contributed by atoms with Gasteiger partial charge in [0.2, 0.25) is 5.91 Å². The number of pyridine rings is 1. The lowest BCUT2D eigenvalue weighted by molar-refractivity contribution is -0.114. The summed E-state index contributed by atoms with van der Waals surface area (Å²) in [6.07, 6.45) is 2.88. The van der Waals surface area contributed by atoms with Gasteiger partial charge in [-0.15, -0.1) is 0 Å². The van der Waals surface area contributed by atoms with Crippen LogP contribution >= 0.6 is 0 Å². The van der Waals surface area contributed by atoms with Crippen molar-refractivity contribution < 1.29 is 9.59 Å². The van der Waals surface area contributed by atoms with E-state index in [4.69, 9.17) is 4.98 Å². The molecule has 2 amide bonds. The molecule has 1 aliphatic heterocycles. The minimum Gasteiger partial charge on any atom is -0.338 e. The van der Waals surface area contributed by atoms with Crippen molar-refractivity contribution in [3.8, 4) is 0 Å². The first kappa shape index (κ1) is 22.7. The van der Waals surface area contributed by atoms with Crippen LogP contribution in [0.15, 0.2) is 60.7 Å². The highest BCUT2D eigenvalue weighted by Gasteiger charge is 2.26. The molecule has 1 fully saturated rings. The number of nitrogens with zero attached hydrogens (tertiary/aromatic N) is 2. The molecule has 5 heteroatoms. The third-order valence-corrected chi connectivity index (χ3v) is 6.10. The molecule has 0 radical (unpaired) electrons. The fraction of sp³-hybridized carbons (Fsp3) is 0.321. The Morgan fingerprint density at radius 3 is 2.55 bits per heavy atom. The normalized spacial score (nSPS) is 15.8. The Bertz CT molecular complexity index is 1150. The van der Waals surface area contributed by atoms with Gasteiger partial charge >= 0.3 is 0 Å². The maximum absolute atomic E-state index is 13.1. The molecule has 3 aromatic rings. The summed E-state index contributed by atoms with van der Waals surface area (Å²) < 4.78 is 0. The van der Waals surface area contributed by atoms with Gasteiger partial charge in [-0.05, 0) is 80.6 Å². The zero-order valence-electron chi connectivity index (χ0n) is 19.6. The lowest BCUT2D eigenvalue weighted by atomic mass is 9.92. The number of hydrogen-bond acceptors (Lipinski definition) is 3. The zero-order chi connectivity index (χ0) is 23.4. The van der Waals surface area contributed by atoms with Gasteiger partial charge in [-0.1, -0.05) is 29.8 Å². The number of carbonyl (C=O) groups is 2. The lowest BCUT2D eigenvalue weighted by Gasteiger charge is -2.33. The van der Waals surface area contributed by atoms with Gasteiger partial charge in [-0.2, -0.15) is 0 Å². The number of aryl methyl sites for hydroxylation is 2. The number of likely N-dealkylation sites (tertiary alicyclic amines) is 1. The number of benzene rings is 2. The van der Waals surface area contributed by atoms with Crippen molar-refractivity contribution in [1.29, 1.82) is 0 Å². The predicted molar refractivity (Wildman–Crippen MR) is 132 cm³/mol. The summed E-state index contributed by atoms with van der Waals surface area (Å²) in [5, 5.41) is 2.74. The summed E-state index contributed by atoms with van der Waals surface area (Å²) in [4.78, 5) is 31.1. The molecule has 1 saturated heterocycles. The van der Waals surface area contributed by atoms with Gasteiger partial charge in [-0.3, -0.25) is 14.6 Å². The van der Waals surface area contributed by atoms with Crippen molar-refractivity contribution in [1.82, 2.24) is 9.88 Å². The largest absolute Gasteiger partial charge is 0.338 e. The van der Waals surface area contributed by atoms with Crippen LogP contribution in [0.4, 0.5) is 5.69 Å². The van der Waals surface area contributed by atoms with E-state index in [0.29, 0.717) is 17.8 Å². The van der Waals surface area contributed by atoms with Gasteiger partial charge in [0.1, 0.15) is 0 Å². The van der Waals surface area contributed by atoms with Crippen LogP contribution in [0, 0.1) is 13.8 Å². The van der Waals surface area contributed by atoms with E-state index < -0.39 is 0 Å². The molecule has 0 spiro atoms. The number of hydrogen-bond donors (Lipinski definition) is 1. The molecule has 170 valence electrons. The van der Waals surface area contributed by atoms with E-state index in [-0.39, 0.29) is 17.7 Å². The Labute approximate surface area is 195 Å². The average molecular weight is 442 g/mol. The average Bonchev–Trinajstić information content (AvgIpc) is 2.78. The maximum Gasteiger partial charge on any atom is 0.253 e. The van der Waals surface area contributed by atoms with Gasteiger partial charge < -0.3 is 10.2 Å². The van der Waals surface area contributed by atoms with E-state index in [1.54, 1.807) is 24.3 Å². The van der Waals surface area contributed by atoms with Crippen molar-refractivity contribution in [3.05, 3.63) is 94.3 Å². The SMILES string of the molecule is CC(=O)Nc1ccc(C(=O)N2CCC[C@@H](c3cc(Cc4cccc(C)c4)cc(C)n3)C2)cc1. The fourth-order valence-electron chi connectivity index (χ4n) is 4.62. The Morgan fingerprint density at radius 1 is 1.03 bits per heavy atom. The second kappa shape index (κ2) is 9.99. The highest BCUT2D eigenvalue weighted by Crippen LogP contribution is 2.28. The lowest BCUT2D eigenvalue weighted by Crippen LogP contribution is -2.39. The summed E-state index contributed by atoms with van der Waals surface area (Å²) in [5.41, 5.74) is 7.27. The first-order valence-electron chi connectivity index (χ1n) is 11.6. The van der Waals surface area contributed by atoms with E-state index in [9.17, 15) is 9.59 Å². The first-order valence-corrected chi connectivity index (χ1v) is 11.6. The molecule has 2 aromatic carbocycles. The van der Waals surface area contributed by atoms with Crippen LogP contribution in [-0.4, -0.2) is 34.8 Å². The van der Waals surface area contributed by atoms with Crippen LogP contribution < -0.4 is 5.32 Å². The molecule has 0 bridgehead atoms. The molecule has 2 heterocycles. The van der Waals surface area contributed by atoms with Crippen molar-refractivity contribution >= 4 is 17.5 Å². The number of aromatic nitrogens is 1. The third kappa shape index (κ3) is 5.86. The quantitative estimate of drug-likeness (QED) is 0.587. The van der Waals surface area contributed by atoms with Crippen molar-refractivity contribution in [2.45, 2.75) is 46.0 Å². The van der Waals surface area contributed by atoms with Crippen LogP contribution in [0.3, 0.4) is 0 Å². The molecule has 0 aliphatic carbocycles. The van der Waals surface area contributed by atoms with Gasteiger partial charge in [0.25, 0.3) is 5.91 Å². The van der Waals surface area contributed by atoms with E-state index in [0.717, 1.165) is 37.2 Å². The predicted octanol–water partition coefficient (Wildman–Crippen LogP) is 5.27. The second-order valence-corrected chi connectivity index (χ2v) is 9.06. The number of nitrogens with one attached hydrogen (secondary N) is 1. The number of amides is 2. The molecular formula is C28H31N3O2. The minimum absolute atomic E-state index is 0.0294. The van der Waals surface area contributed by atoms with E-state index in [1.807, 2.05) is 11.8 Å². The van der Waals surface area contributed by atoms with E-state index in [2.05, 4.69) is 48.6 Å². The Balaban J connectivity index is 1.48. The van der Waals surface area contributed by atoms with E-state index in [1.165, 1.54) is 23.6 Å². The summed E-state index contributed by atoms with van der Waals surface area (Å²) in [6, 6.07) is 20.1. The van der Waals surface area contributed by atoms with Gasteiger partial charge in [-0.25, -0.2) is 0 Å². The molecule has 0 unspecified atom stereocenters. The molecule has 5 nitrogen and oxygen atoms in total. The Morgan fingerprint density at radius 2 is 1.82 bits per heavy atom. The highest BCUT2D eigenvalue weighted by atomic mass is 16.2. The van der Waals surface area contributed by atoms with Crippen molar-refractivity contribution in [3.63, 3.8) is 0 Å². The first-order chi connectivity index (χ1) is 15.9. The molecule has 1 aliphatic rings. The van der Waals surface area contributed by atoms with Crippen LogP contribution in [0.2, 0.25) is 0 Å². The number of piperidine rings is 1. The molecule has 33 heavy (non-hydrogen) atoms. The van der Waals surface area contributed by atoms with Crippen molar-refractivity contribution in [2.75, 3.05) is 18.4 Å². The number of carbonyl (C=O) groups excluding carboxylic acids is 2. The van der Waals surface area contributed by atoms with Crippen LogP contribution in [0.5, 0.6) is 0 Å². The van der Waals surface area contributed by atoms with Crippen LogP contribution in [0.1, 0.15) is 64.1 Å². The molecule has 1 N–H and O–H groups in total. The van der Waals surface area contributed by atoms with E-state index >= 15 is 0 Å². The summed E-state index contributed by atoms with van der Waals surface area (Å²) in [6.45, 7) is 7.06. The third-order valence-electron chi connectivity index (χ3n) is 6.10. The van der Waals surface area contributed by atoms with Gasteiger partial charge in [0.05, 0.1) is 0 Å².